The number of carbonyl (C=O) groups excluding carboxylic acids is 1. The van der Waals surface area contributed by atoms with Crippen LogP contribution >= 0.6 is 15.9 Å². The van der Waals surface area contributed by atoms with E-state index in [-0.39, 0.29) is 12.1 Å². The summed E-state index contributed by atoms with van der Waals surface area (Å²) in [6.45, 7) is 3.16. The van der Waals surface area contributed by atoms with E-state index in [2.05, 4.69) is 15.9 Å². The number of carbonyl (C=O) groups is 1. The predicted octanol–water partition coefficient (Wildman–Crippen LogP) is 1.96. The van der Waals surface area contributed by atoms with Gasteiger partial charge in [0.25, 0.3) is 0 Å². The number of rotatable bonds is 2. The standard InChI is InChI=1S/C12H16BrN3O/c1-8-5-9(13)3-4-11(8)16-7-10(6-14)15(2)12(16)17/h3-5,10H,6-7,14H2,1-2H3. The third kappa shape index (κ3) is 2.17. The fraction of sp³-hybridized carbons (Fsp3) is 0.417. The SMILES string of the molecule is Cc1cc(Br)ccc1N1CC(CN)N(C)C1=O. The topological polar surface area (TPSA) is 49.6 Å². The number of hydrogen-bond acceptors (Lipinski definition) is 2. The normalized spacial score (nSPS) is 20.2. The Hall–Kier alpha value is -1.07. The Balaban J connectivity index is 2.32. The van der Waals surface area contributed by atoms with Crippen LogP contribution in [0.3, 0.4) is 0 Å². The molecule has 1 unspecified atom stereocenters. The summed E-state index contributed by atoms with van der Waals surface area (Å²) in [7, 11) is 1.80. The predicted molar refractivity (Wildman–Crippen MR) is 72.2 cm³/mol. The Morgan fingerprint density at radius 2 is 2.24 bits per heavy atom. The number of nitrogens with two attached hydrogens (primary N) is 1. The zero-order chi connectivity index (χ0) is 12.6. The molecule has 1 atom stereocenters. The van der Waals surface area contributed by atoms with Crippen LogP contribution in [0.5, 0.6) is 0 Å². The molecular weight excluding hydrogens is 282 g/mol. The number of amides is 2. The average molecular weight is 298 g/mol. The molecule has 1 aliphatic rings. The van der Waals surface area contributed by atoms with Crippen LogP contribution in [0, 0.1) is 6.92 Å². The molecule has 1 aromatic rings. The first kappa shape index (κ1) is 12.4. The van der Waals surface area contributed by atoms with E-state index in [1.807, 2.05) is 25.1 Å². The lowest BCUT2D eigenvalue weighted by atomic mass is 10.2. The number of hydrogen-bond donors (Lipinski definition) is 1. The van der Waals surface area contributed by atoms with E-state index >= 15 is 0 Å². The van der Waals surface area contributed by atoms with E-state index in [0.29, 0.717) is 13.1 Å². The number of anilines is 1. The third-order valence-corrected chi connectivity index (χ3v) is 3.69. The molecule has 1 aliphatic heterocycles. The second-order valence-electron chi connectivity index (χ2n) is 4.32. The molecule has 1 saturated heterocycles. The molecular formula is C12H16BrN3O. The molecule has 0 radical (unpaired) electrons. The van der Waals surface area contributed by atoms with Gasteiger partial charge >= 0.3 is 6.03 Å². The number of benzene rings is 1. The number of urea groups is 1. The molecule has 5 heteroatoms. The first-order valence-electron chi connectivity index (χ1n) is 5.55. The Kier molecular flexibility index (Phi) is 3.40. The maximum absolute atomic E-state index is 12.1. The Morgan fingerprint density at radius 1 is 1.53 bits per heavy atom. The van der Waals surface area contributed by atoms with Gasteiger partial charge in [-0.15, -0.1) is 0 Å². The lowest BCUT2D eigenvalue weighted by Gasteiger charge is -2.18. The molecule has 2 N–H and O–H groups in total. The van der Waals surface area contributed by atoms with Crippen molar-refractivity contribution in [1.29, 1.82) is 0 Å². The van der Waals surface area contributed by atoms with Gasteiger partial charge in [0.15, 0.2) is 0 Å². The summed E-state index contributed by atoms with van der Waals surface area (Å²) in [5, 5.41) is 0. The van der Waals surface area contributed by atoms with E-state index in [9.17, 15) is 4.79 Å². The maximum Gasteiger partial charge on any atom is 0.324 e. The van der Waals surface area contributed by atoms with Gasteiger partial charge in [0.2, 0.25) is 0 Å². The highest BCUT2D eigenvalue weighted by molar-refractivity contribution is 9.10. The first-order valence-corrected chi connectivity index (χ1v) is 6.34. The molecule has 0 bridgehead atoms. The van der Waals surface area contributed by atoms with Crippen LogP contribution in [-0.4, -0.2) is 37.1 Å². The lowest BCUT2D eigenvalue weighted by Crippen LogP contribution is -2.35. The Morgan fingerprint density at radius 3 is 2.76 bits per heavy atom. The quantitative estimate of drug-likeness (QED) is 0.907. The van der Waals surface area contributed by atoms with Crippen LogP contribution in [0.15, 0.2) is 22.7 Å². The van der Waals surface area contributed by atoms with Crippen molar-refractivity contribution >= 4 is 27.6 Å². The number of aryl methyl sites for hydroxylation is 1. The molecule has 17 heavy (non-hydrogen) atoms. The lowest BCUT2D eigenvalue weighted by molar-refractivity contribution is 0.219. The van der Waals surface area contributed by atoms with Gasteiger partial charge < -0.3 is 10.6 Å². The Labute approximate surface area is 110 Å². The monoisotopic (exact) mass is 297 g/mol. The largest absolute Gasteiger partial charge is 0.328 e. The highest BCUT2D eigenvalue weighted by Crippen LogP contribution is 2.28. The van der Waals surface area contributed by atoms with E-state index in [4.69, 9.17) is 5.73 Å². The molecule has 92 valence electrons. The van der Waals surface area contributed by atoms with Crippen molar-refractivity contribution in [3.8, 4) is 0 Å². The number of likely N-dealkylation sites (N-methyl/N-ethyl adjacent to an activating group) is 1. The molecule has 0 aliphatic carbocycles. The molecule has 4 nitrogen and oxygen atoms in total. The van der Waals surface area contributed by atoms with Crippen molar-refractivity contribution in [1.82, 2.24) is 4.90 Å². The summed E-state index contributed by atoms with van der Waals surface area (Å²) >= 11 is 3.42. The van der Waals surface area contributed by atoms with E-state index in [0.717, 1.165) is 15.7 Å². The van der Waals surface area contributed by atoms with Crippen LogP contribution in [0.2, 0.25) is 0 Å². The van der Waals surface area contributed by atoms with Gasteiger partial charge in [0.05, 0.1) is 6.04 Å². The van der Waals surface area contributed by atoms with Crippen molar-refractivity contribution in [2.45, 2.75) is 13.0 Å². The second kappa shape index (κ2) is 4.66. The zero-order valence-electron chi connectivity index (χ0n) is 9.98. The van der Waals surface area contributed by atoms with E-state index in [1.165, 1.54) is 0 Å². The van der Waals surface area contributed by atoms with Gasteiger partial charge in [-0.3, -0.25) is 4.90 Å². The molecule has 2 amide bonds. The summed E-state index contributed by atoms with van der Waals surface area (Å²) < 4.78 is 1.02. The molecule has 2 rings (SSSR count). The van der Waals surface area contributed by atoms with Crippen molar-refractivity contribution < 1.29 is 4.79 Å². The van der Waals surface area contributed by atoms with Crippen LogP contribution in [0.4, 0.5) is 10.5 Å². The molecule has 0 aromatic heterocycles. The maximum atomic E-state index is 12.1. The van der Waals surface area contributed by atoms with Crippen LogP contribution in [-0.2, 0) is 0 Å². The van der Waals surface area contributed by atoms with Crippen molar-refractivity contribution in [3.63, 3.8) is 0 Å². The zero-order valence-corrected chi connectivity index (χ0v) is 11.6. The number of halogens is 1. The molecule has 1 fully saturated rings. The fourth-order valence-corrected chi connectivity index (χ4v) is 2.59. The van der Waals surface area contributed by atoms with Crippen LogP contribution < -0.4 is 10.6 Å². The van der Waals surface area contributed by atoms with Gasteiger partial charge in [0, 0.05) is 30.3 Å². The highest BCUT2D eigenvalue weighted by Gasteiger charge is 2.34. The number of nitrogens with zero attached hydrogens (tertiary/aromatic N) is 2. The fourth-order valence-electron chi connectivity index (χ4n) is 2.11. The minimum atomic E-state index is 0.0193. The minimum absolute atomic E-state index is 0.0193. The Bertz CT molecular complexity index is 449. The highest BCUT2D eigenvalue weighted by atomic mass is 79.9. The molecule has 0 saturated carbocycles. The summed E-state index contributed by atoms with van der Waals surface area (Å²) in [4.78, 5) is 15.6. The summed E-state index contributed by atoms with van der Waals surface area (Å²) in [6.07, 6.45) is 0. The molecule has 1 heterocycles. The van der Waals surface area contributed by atoms with Crippen molar-refractivity contribution in [3.05, 3.63) is 28.2 Å². The van der Waals surface area contributed by atoms with E-state index < -0.39 is 0 Å². The van der Waals surface area contributed by atoms with Crippen LogP contribution in [0.1, 0.15) is 5.56 Å². The molecule has 0 spiro atoms. The van der Waals surface area contributed by atoms with Crippen molar-refractivity contribution in [2.24, 2.45) is 5.73 Å². The van der Waals surface area contributed by atoms with Gasteiger partial charge in [-0.1, -0.05) is 15.9 Å². The van der Waals surface area contributed by atoms with Gasteiger partial charge in [-0.05, 0) is 30.7 Å². The minimum Gasteiger partial charge on any atom is -0.328 e. The second-order valence-corrected chi connectivity index (χ2v) is 5.24. The van der Waals surface area contributed by atoms with Gasteiger partial charge in [-0.2, -0.15) is 0 Å². The van der Waals surface area contributed by atoms with Crippen molar-refractivity contribution in [2.75, 3.05) is 25.0 Å². The van der Waals surface area contributed by atoms with Gasteiger partial charge in [-0.25, -0.2) is 4.79 Å². The average Bonchev–Trinajstić information content (AvgIpc) is 2.57. The first-order chi connectivity index (χ1) is 8.04. The summed E-state index contributed by atoms with van der Waals surface area (Å²) in [5.41, 5.74) is 7.70. The third-order valence-electron chi connectivity index (χ3n) is 3.20. The van der Waals surface area contributed by atoms with Crippen LogP contribution in [0.25, 0.3) is 0 Å². The summed E-state index contributed by atoms with van der Waals surface area (Å²) in [5.74, 6) is 0. The van der Waals surface area contributed by atoms with E-state index in [1.54, 1.807) is 16.8 Å². The summed E-state index contributed by atoms with van der Waals surface area (Å²) in [6, 6.07) is 6.05. The van der Waals surface area contributed by atoms with Gasteiger partial charge in [0.1, 0.15) is 0 Å². The molecule has 1 aromatic carbocycles. The smallest absolute Gasteiger partial charge is 0.324 e.